The Balaban J connectivity index is 3.41. The summed E-state index contributed by atoms with van der Waals surface area (Å²) in [6.45, 7) is 4.46. The third kappa shape index (κ3) is 3.44. The van der Waals surface area contributed by atoms with Gasteiger partial charge in [-0.25, -0.2) is 4.79 Å². The van der Waals surface area contributed by atoms with Crippen molar-refractivity contribution in [1.82, 2.24) is 4.90 Å². The molecule has 0 aliphatic carbocycles. The van der Waals surface area contributed by atoms with Gasteiger partial charge in [-0.1, -0.05) is 38.5 Å². The van der Waals surface area contributed by atoms with Gasteiger partial charge in [0.25, 0.3) is 0 Å². The summed E-state index contributed by atoms with van der Waals surface area (Å²) in [4.78, 5) is 13.1. The van der Waals surface area contributed by atoms with Crippen LogP contribution in [0, 0.1) is 3.57 Å². The van der Waals surface area contributed by atoms with Crippen LogP contribution in [-0.4, -0.2) is 29.8 Å². The van der Waals surface area contributed by atoms with Crippen LogP contribution in [0.15, 0.2) is 24.3 Å². The first-order valence-corrected chi connectivity index (χ1v) is 7.92. The second kappa shape index (κ2) is 7.83. The molecule has 0 saturated heterocycles. The number of rotatable bonds is 7. The highest BCUT2D eigenvalue weighted by Gasteiger charge is 2.41. The van der Waals surface area contributed by atoms with E-state index in [-0.39, 0.29) is 0 Å². The standard InChI is InChI=1S/C15H22INO3/c1-4-10-15(20-3,17(11-5-2)14(18)19)12-8-6-7-9-13(12)16/h6-9H,4-5,10-11H2,1-3H3,(H,18,19)/t15-/m1/s1. The molecule has 1 aromatic rings. The molecule has 0 radical (unpaired) electrons. The van der Waals surface area contributed by atoms with E-state index in [9.17, 15) is 9.90 Å². The SMILES string of the molecule is CCCN(C(=O)O)[C@](CCC)(OC)c1ccccc1I. The quantitative estimate of drug-likeness (QED) is 0.558. The molecule has 1 atom stereocenters. The van der Waals surface area contributed by atoms with Crippen molar-refractivity contribution < 1.29 is 14.6 Å². The molecule has 0 spiro atoms. The van der Waals surface area contributed by atoms with E-state index in [1.807, 2.05) is 38.1 Å². The Morgan fingerprint density at radius 3 is 2.45 bits per heavy atom. The molecule has 1 aromatic carbocycles. The maximum Gasteiger partial charge on any atom is 0.409 e. The summed E-state index contributed by atoms with van der Waals surface area (Å²) in [5.41, 5.74) is 0.00905. The van der Waals surface area contributed by atoms with Gasteiger partial charge < -0.3 is 9.84 Å². The van der Waals surface area contributed by atoms with Crippen LogP contribution in [-0.2, 0) is 10.5 Å². The van der Waals surface area contributed by atoms with Crippen LogP contribution in [0.2, 0.25) is 0 Å². The minimum Gasteiger partial charge on any atom is -0.465 e. The lowest BCUT2D eigenvalue weighted by atomic mass is 9.95. The fraction of sp³-hybridized carbons (Fsp3) is 0.533. The van der Waals surface area contributed by atoms with E-state index in [0.29, 0.717) is 13.0 Å². The number of hydrogen-bond donors (Lipinski definition) is 1. The van der Waals surface area contributed by atoms with Crippen LogP contribution in [0.1, 0.15) is 38.7 Å². The molecule has 4 nitrogen and oxygen atoms in total. The van der Waals surface area contributed by atoms with Gasteiger partial charge in [0.05, 0.1) is 0 Å². The van der Waals surface area contributed by atoms with Crippen molar-refractivity contribution in [2.75, 3.05) is 13.7 Å². The predicted octanol–water partition coefficient (Wildman–Crippen LogP) is 4.28. The second-order valence-corrected chi connectivity index (χ2v) is 5.81. The normalized spacial score (nSPS) is 13.8. The van der Waals surface area contributed by atoms with Gasteiger partial charge in [-0.05, 0) is 41.5 Å². The highest BCUT2D eigenvalue weighted by molar-refractivity contribution is 14.1. The Bertz CT molecular complexity index is 452. The molecule has 0 bridgehead atoms. The Kier molecular flexibility index (Phi) is 6.75. The number of benzene rings is 1. The molecule has 1 rings (SSSR count). The van der Waals surface area contributed by atoms with Gasteiger partial charge >= 0.3 is 6.09 Å². The summed E-state index contributed by atoms with van der Waals surface area (Å²) in [6.07, 6.45) is 1.29. The molecular formula is C15H22INO3. The fourth-order valence-corrected chi connectivity index (χ4v) is 3.32. The third-order valence-electron chi connectivity index (χ3n) is 3.34. The van der Waals surface area contributed by atoms with Crippen molar-refractivity contribution in [2.24, 2.45) is 0 Å². The topological polar surface area (TPSA) is 49.8 Å². The number of nitrogens with zero attached hydrogens (tertiary/aromatic N) is 1. The average molecular weight is 391 g/mol. The van der Waals surface area contributed by atoms with E-state index in [1.54, 1.807) is 7.11 Å². The van der Waals surface area contributed by atoms with Gasteiger partial charge in [-0.2, -0.15) is 0 Å². The number of amides is 1. The van der Waals surface area contributed by atoms with Crippen molar-refractivity contribution in [2.45, 2.75) is 38.8 Å². The van der Waals surface area contributed by atoms with Crippen molar-refractivity contribution in [3.63, 3.8) is 0 Å². The van der Waals surface area contributed by atoms with Gasteiger partial charge in [0.2, 0.25) is 0 Å². The van der Waals surface area contributed by atoms with E-state index in [1.165, 1.54) is 4.90 Å². The minimum atomic E-state index is -0.943. The summed E-state index contributed by atoms with van der Waals surface area (Å²) in [5.74, 6) is 0. The van der Waals surface area contributed by atoms with Crippen molar-refractivity contribution in [3.8, 4) is 0 Å². The zero-order valence-electron chi connectivity index (χ0n) is 12.2. The fourth-order valence-electron chi connectivity index (χ4n) is 2.51. The Morgan fingerprint density at radius 2 is 2.00 bits per heavy atom. The highest BCUT2D eigenvalue weighted by atomic mass is 127. The van der Waals surface area contributed by atoms with E-state index in [0.717, 1.165) is 22.0 Å². The van der Waals surface area contributed by atoms with Gasteiger partial charge in [0.15, 0.2) is 5.72 Å². The number of hydrogen-bond acceptors (Lipinski definition) is 2. The van der Waals surface area contributed by atoms with Crippen molar-refractivity contribution >= 4 is 28.7 Å². The molecule has 0 aromatic heterocycles. The van der Waals surface area contributed by atoms with E-state index in [4.69, 9.17) is 4.74 Å². The zero-order valence-corrected chi connectivity index (χ0v) is 14.4. The van der Waals surface area contributed by atoms with E-state index in [2.05, 4.69) is 22.6 Å². The largest absolute Gasteiger partial charge is 0.465 e. The number of ether oxygens (including phenoxy) is 1. The first-order chi connectivity index (χ1) is 9.53. The molecule has 0 saturated carbocycles. The maximum atomic E-state index is 11.7. The van der Waals surface area contributed by atoms with Crippen LogP contribution < -0.4 is 0 Å². The van der Waals surface area contributed by atoms with Gasteiger partial charge in [0.1, 0.15) is 0 Å². The highest BCUT2D eigenvalue weighted by Crippen LogP contribution is 2.37. The number of carboxylic acid groups (broad SMARTS) is 1. The van der Waals surface area contributed by atoms with Gasteiger partial charge in [0, 0.05) is 22.8 Å². The monoisotopic (exact) mass is 391 g/mol. The molecule has 5 heteroatoms. The minimum absolute atomic E-state index is 0.453. The van der Waals surface area contributed by atoms with Gasteiger partial charge in [-0.3, -0.25) is 4.90 Å². The smallest absolute Gasteiger partial charge is 0.409 e. The van der Waals surface area contributed by atoms with E-state index < -0.39 is 11.8 Å². The summed E-state index contributed by atoms with van der Waals surface area (Å²) >= 11 is 2.23. The average Bonchev–Trinajstić information content (AvgIpc) is 2.43. The zero-order chi connectivity index (χ0) is 15.2. The predicted molar refractivity (Wildman–Crippen MR) is 87.8 cm³/mol. The molecule has 1 amide bonds. The molecule has 0 fully saturated rings. The van der Waals surface area contributed by atoms with Crippen molar-refractivity contribution in [1.29, 1.82) is 0 Å². The number of halogens is 1. The molecule has 0 unspecified atom stereocenters. The first kappa shape index (κ1) is 17.2. The van der Waals surface area contributed by atoms with Crippen LogP contribution >= 0.6 is 22.6 Å². The van der Waals surface area contributed by atoms with Crippen LogP contribution in [0.25, 0.3) is 0 Å². The Hall–Kier alpha value is -0.820. The Morgan fingerprint density at radius 1 is 1.35 bits per heavy atom. The second-order valence-electron chi connectivity index (χ2n) is 4.65. The molecule has 1 N–H and O–H groups in total. The lowest BCUT2D eigenvalue weighted by molar-refractivity contribution is -0.134. The molecular weight excluding hydrogens is 369 g/mol. The molecule has 0 aliphatic rings. The lowest BCUT2D eigenvalue weighted by Crippen LogP contribution is -2.51. The third-order valence-corrected chi connectivity index (χ3v) is 4.28. The molecule has 20 heavy (non-hydrogen) atoms. The van der Waals surface area contributed by atoms with Crippen LogP contribution in [0.4, 0.5) is 4.79 Å². The van der Waals surface area contributed by atoms with Gasteiger partial charge in [-0.15, -0.1) is 0 Å². The summed E-state index contributed by atoms with van der Waals surface area (Å²) in [6, 6.07) is 7.80. The molecule has 0 aliphatic heterocycles. The molecule has 0 heterocycles. The van der Waals surface area contributed by atoms with Crippen LogP contribution in [0.5, 0.6) is 0 Å². The Labute approximate surface area is 134 Å². The van der Waals surface area contributed by atoms with E-state index >= 15 is 0 Å². The summed E-state index contributed by atoms with van der Waals surface area (Å²) in [7, 11) is 1.59. The summed E-state index contributed by atoms with van der Waals surface area (Å²) in [5, 5.41) is 9.59. The number of methoxy groups -OCH3 is 1. The maximum absolute atomic E-state index is 11.7. The number of carbonyl (C=O) groups is 1. The lowest BCUT2D eigenvalue weighted by Gasteiger charge is -2.42. The van der Waals surface area contributed by atoms with Crippen LogP contribution in [0.3, 0.4) is 0 Å². The first-order valence-electron chi connectivity index (χ1n) is 6.84. The van der Waals surface area contributed by atoms with Crippen molar-refractivity contribution in [3.05, 3.63) is 33.4 Å². The summed E-state index contributed by atoms with van der Waals surface area (Å²) < 4.78 is 6.78. The molecule has 112 valence electrons.